The number of rotatable bonds is 8. The molecule has 4 nitrogen and oxygen atoms in total. The van der Waals surface area contributed by atoms with Crippen molar-refractivity contribution in [3.63, 3.8) is 0 Å². The van der Waals surface area contributed by atoms with Crippen molar-refractivity contribution in [1.82, 2.24) is 9.80 Å². The molecule has 3 aromatic rings. The van der Waals surface area contributed by atoms with Gasteiger partial charge in [-0.05, 0) is 66.6 Å². The summed E-state index contributed by atoms with van der Waals surface area (Å²) in [7, 11) is 0. The van der Waals surface area contributed by atoms with Crippen molar-refractivity contribution in [3.05, 3.63) is 93.2 Å². The summed E-state index contributed by atoms with van der Waals surface area (Å²) in [6, 6.07) is 13.9. The molecule has 7 heteroatoms. The largest absolute Gasteiger partial charge is 0.332 e. The number of carbonyl (C=O) groups is 2. The zero-order chi connectivity index (χ0) is 24.8. The summed E-state index contributed by atoms with van der Waals surface area (Å²) in [5.41, 5.74) is 1.89. The molecule has 1 fully saturated rings. The maximum atomic E-state index is 14.5. The molecule has 2 aromatic carbocycles. The molecule has 0 bridgehead atoms. The van der Waals surface area contributed by atoms with Gasteiger partial charge in [-0.25, -0.2) is 8.78 Å². The van der Waals surface area contributed by atoms with Crippen molar-refractivity contribution in [3.8, 4) is 0 Å². The highest BCUT2D eigenvalue weighted by Gasteiger charge is 2.31. The Kier molecular flexibility index (Phi) is 8.29. The van der Waals surface area contributed by atoms with Crippen LogP contribution in [0, 0.1) is 18.6 Å². The van der Waals surface area contributed by atoms with Gasteiger partial charge in [0.1, 0.15) is 18.2 Å². The third-order valence-electron chi connectivity index (χ3n) is 6.63. The van der Waals surface area contributed by atoms with Crippen LogP contribution < -0.4 is 0 Å². The summed E-state index contributed by atoms with van der Waals surface area (Å²) in [4.78, 5) is 31.5. The molecule has 0 atom stereocenters. The van der Waals surface area contributed by atoms with E-state index >= 15 is 0 Å². The number of nitrogens with zero attached hydrogens (tertiary/aromatic N) is 2. The second kappa shape index (κ2) is 11.6. The van der Waals surface area contributed by atoms with Crippen molar-refractivity contribution in [2.24, 2.45) is 0 Å². The number of carbonyl (C=O) groups excluding carboxylic acids is 2. The van der Waals surface area contributed by atoms with E-state index in [2.05, 4.69) is 0 Å². The second-order valence-electron chi connectivity index (χ2n) is 9.11. The summed E-state index contributed by atoms with van der Waals surface area (Å²) in [5.74, 6) is -1.57. The lowest BCUT2D eigenvalue weighted by atomic mass is 9.93. The average Bonchev–Trinajstić information content (AvgIpc) is 3.28. The zero-order valence-corrected chi connectivity index (χ0v) is 20.7. The Morgan fingerprint density at radius 3 is 2.31 bits per heavy atom. The first-order valence-electron chi connectivity index (χ1n) is 12.0. The van der Waals surface area contributed by atoms with E-state index in [-0.39, 0.29) is 29.9 Å². The second-order valence-corrected chi connectivity index (χ2v) is 10.1. The smallest absolute Gasteiger partial charge is 0.257 e. The summed E-state index contributed by atoms with van der Waals surface area (Å²) in [6.45, 7) is 2.57. The van der Waals surface area contributed by atoms with Gasteiger partial charge in [0.2, 0.25) is 5.91 Å². The van der Waals surface area contributed by atoms with Gasteiger partial charge < -0.3 is 9.80 Å². The molecule has 4 rings (SSSR count). The highest BCUT2D eigenvalue weighted by molar-refractivity contribution is 7.10. The first-order valence-corrected chi connectivity index (χ1v) is 12.9. The predicted octanol–water partition coefficient (Wildman–Crippen LogP) is 6.34. The van der Waals surface area contributed by atoms with Gasteiger partial charge in [-0.15, -0.1) is 11.3 Å². The lowest BCUT2D eigenvalue weighted by molar-refractivity contribution is -0.133. The van der Waals surface area contributed by atoms with Crippen LogP contribution in [-0.4, -0.2) is 34.2 Å². The quantitative estimate of drug-likeness (QED) is 0.365. The van der Waals surface area contributed by atoms with Crippen LogP contribution in [0.4, 0.5) is 8.78 Å². The van der Waals surface area contributed by atoms with Crippen molar-refractivity contribution in [2.45, 2.75) is 58.2 Å². The van der Waals surface area contributed by atoms with Crippen LogP contribution in [0.3, 0.4) is 0 Å². The van der Waals surface area contributed by atoms with E-state index in [4.69, 9.17) is 0 Å². The molecule has 1 aliphatic carbocycles. The third kappa shape index (κ3) is 6.34. The SMILES string of the molecule is Cc1ccsc1CN(Cc1ccc(F)cc1)C(=O)CN(C(=O)c1ccccc1F)C1CCCCC1. The fraction of sp³-hybridized carbons (Fsp3) is 0.357. The summed E-state index contributed by atoms with van der Waals surface area (Å²) in [5, 5.41) is 1.99. The van der Waals surface area contributed by atoms with Crippen molar-refractivity contribution in [1.29, 1.82) is 0 Å². The first kappa shape index (κ1) is 25.0. The van der Waals surface area contributed by atoms with Gasteiger partial charge in [-0.1, -0.05) is 43.5 Å². The van der Waals surface area contributed by atoms with Crippen LogP contribution in [0.1, 0.15) is 58.5 Å². The van der Waals surface area contributed by atoms with Gasteiger partial charge in [0, 0.05) is 17.5 Å². The molecule has 35 heavy (non-hydrogen) atoms. The number of halogens is 2. The number of aryl methyl sites for hydroxylation is 1. The molecular weight excluding hydrogens is 466 g/mol. The molecule has 184 valence electrons. The van der Waals surface area contributed by atoms with Gasteiger partial charge in [-0.3, -0.25) is 9.59 Å². The minimum atomic E-state index is -0.580. The van der Waals surface area contributed by atoms with Gasteiger partial charge in [0.05, 0.1) is 12.1 Å². The molecule has 2 amide bonds. The van der Waals surface area contributed by atoms with Crippen molar-refractivity contribution in [2.75, 3.05) is 6.54 Å². The van der Waals surface area contributed by atoms with Gasteiger partial charge in [0.15, 0.2) is 0 Å². The van der Waals surface area contributed by atoms with Crippen LogP contribution in [0.25, 0.3) is 0 Å². The summed E-state index contributed by atoms with van der Waals surface area (Å²) < 4.78 is 28.0. The zero-order valence-electron chi connectivity index (χ0n) is 19.9. The average molecular weight is 497 g/mol. The van der Waals surface area contributed by atoms with Gasteiger partial charge in [0.25, 0.3) is 5.91 Å². The standard InChI is InChI=1S/C28H30F2N2O2S/c1-20-15-16-35-26(20)18-31(17-21-11-13-22(29)14-12-21)27(33)19-32(23-7-3-2-4-8-23)28(34)24-9-5-6-10-25(24)30/h5-6,9-16,23H,2-4,7-8,17-19H2,1H3. The summed E-state index contributed by atoms with van der Waals surface area (Å²) >= 11 is 1.58. The number of amides is 2. The molecule has 1 aromatic heterocycles. The molecule has 0 saturated heterocycles. The lowest BCUT2D eigenvalue weighted by Crippen LogP contribution is -2.48. The number of hydrogen-bond acceptors (Lipinski definition) is 3. The molecule has 0 unspecified atom stereocenters. The molecule has 1 saturated carbocycles. The van der Waals surface area contributed by atoms with E-state index in [1.165, 1.54) is 24.3 Å². The molecule has 0 N–H and O–H groups in total. The van der Waals surface area contributed by atoms with Crippen LogP contribution >= 0.6 is 11.3 Å². The normalized spacial score (nSPS) is 14.0. The van der Waals surface area contributed by atoms with Crippen LogP contribution in [0.2, 0.25) is 0 Å². The monoisotopic (exact) mass is 496 g/mol. The highest BCUT2D eigenvalue weighted by atomic mass is 32.1. The third-order valence-corrected chi connectivity index (χ3v) is 7.64. The first-order chi connectivity index (χ1) is 16.9. The molecule has 0 aliphatic heterocycles. The molecular formula is C28H30F2N2O2S. The minimum Gasteiger partial charge on any atom is -0.332 e. The Labute approximate surface area is 209 Å². The van der Waals surface area contributed by atoms with E-state index < -0.39 is 11.7 Å². The predicted molar refractivity (Wildman–Crippen MR) is 134 cm³/mol. The fourth-order valence-electron chi connectivity index (χ4n) is 4.58. The summed E-state index contributed by atoms with van der Waals surface area (Å²) in [6.07, 6.45) is 4.66. The number of thiophene rings is 1. The maximum Gasteiger partial charge on any atom is 0.257 e. The van der Waals surface area contributed by atoms with E-state index in [0.717, 1.165) is 48.1 Å². The Hall–Kier alpha value is -3.06. The number of hydrogen-bond donors (Lipinski definition) is 0. The Morgan fingerprint density at radius 2 is 1.66 bits per heavy atom. The van der Waals surface area contributed by atoms with E-state index in [1.807, 2.05) is 18.4 Å². The Bertz CT molecular complexity index is 1160. The van der Waals surface area contributed by atoms with Crippen LogP contribution in [-0.2, 0) is 17.9 Å². The molecule has 1 heterocycles. The van der Waals surface area contributed by atoms with Crippen molar-refractivity contribution < 1.29 is 18.4 Å². The van der Waals surface area contributed by atoms with Gasteiger partial charge in [-0.2, -0.15) is 0 Å². The van der Waals surface area contributed by atoms with E-state index in [0.29, 0.717) is 13.1 Å². The minimum absolute atomic E-state index is 0.00920. The number of benzene rings is 2. The van der Waals surface area contributed by atoms with E-state index in [9.17, 15) is 18.4 Å². The fourth-order valence-corrected chi connectivity index (χ4v) is 5.50. The van der Waals surface area contributed by atoms with Gasteiger partial charge >= 0.3 is 0 Å². The Morgan fingerprint density at radius 1 is 0.943 bits per heavy atom. The van der Waals surface area contributed by atoms with Crippen molar-refractivity contribution >= 4 is 23.2 Å². The van der Waals surface area contributed by atoms with E-state index in [1.54, 1.807) is 45.4 Å². The molecule has 0 spiro atoms. The van der Waals surface area contributed by atoms with Crippen LogP contribution in [0.15, 0.2) is 60.0 Å². The Balaban J connectivity index is 1.60. The molecule has 0 radical (unpaired) electrons. The lowest BCUT2D eigenvalue weighted by Gasteiger charge is -2.35. The highest BCUT2D eigenvalue weighted by Crippen LogP contribution is 2.26. The topological polar surface area (TPSA) is 40.6 Å². The van der Waals surface area contributed by atoms with Crippen LogP contribution in [0.5, 0.6) is 0 Å². The maximum absolute atomic E-state index is 14.5. The molecule has 1 aliphatic rings.